The number of nitrogens with one attached hydrogen (secondary N) is 1. The van der Waals surface area contributed by atoms with Crippen LogP contribution in [0.2, 0.25) is 0 Å². The maximum atomic E-state index is 5.58. The third-order valence-electron chi connectivity index (χ3n) is 6.69. The second-order valence-electron chi connectivity index (χ2n) is 8.85. The number of ether oxygens (including phenoxy) is 1. The average molecular weight is 421 g/mol. The van der Waals surface area contributed by atoms with Crippen molar-refractivity contribution in [3.8, 4) is 0 Å². The lowest BCUT2D eigenvalue weighted by atomic mass is 10.1. The molecule has 1 N–H and O–H groups in total. The standard InChI is InChI=1S/C22H28N8O/c1-5-31-7-6-30-20-18(14(4)27-30)25-22(29-11-15-19-16(29)10-28(15)19)26-21(20)24-17-9-12(2)8-13(3)23-17/h8-9,15-16,19H,5-7,10-11H2,1-4H3,(H,23,24,25,26)/t15-,16-,19+,28?/m1/s1. The SMILES string of the molecule is CCOCCn1nc(C)c2nc(N3C[C@@H]4[C@H]5[C@H]3CN54)nc(Nc3cc(C)cc(C)n3)c21. The molecule has 0 radical (unpaired) electrons. The maximum absolute atomic E-state index is 5.58. The van der Waals surface area contributed by atoms with E-state index in [4.69, 9.17) is 19.8 Å². The molecule has 6 rings (SSSR count). The Morgan fingerprint density at radius 3 is 2.68 bits per heavy atom. The summed E-state index contributed by atoms with van der Waals surface area (Å²) in [6, 6.07) is 6.07. The van der Waals surface area contributed by atoms with Gasteiger partial charge in [-0.1, -0.05) is 0 Å². The number of hydrogen-bond acceptors (Lipinski definition) is 8. The number of nitrogens with zero attached hydrogens (tertiary/aromatic N) is 7. The first-order chi connectivity index (χ1) is 15.0. The van der Waals surface area contributed by atoms with Gasteiger partial charge in [0.05, 0.1) is 24.9 Å². The monoisotopic (exact) mass is 420 g/mol. The maximum Gasteiger partial charge on any atom is 0.228 e. The zero-order valence-corrected chi connectivity index (χ0v) is 18.5. The summed E-state index contributed by atoms with van der Waals surface area (Å²) in [7, 11) is 0. The van der Waals surface area contributed by atoms with E-state index in [9.17, 15) is 0 Å². The highest BCUT2D eigenvalue weighted by Gasteiger charge is 2.68. The molecule has 162 valence electrons. The smallest absolute Gasteiger partial charge is 0.228 e. The van der Waals surface area contributed by atoms with E-state index < -0.39 is 0 Å². The van der Waals surface area contributed by atoms with Crippen LogP contribution in [0.25, 0.3) is 11.0 Å². The summed E-state index contributed by atoms with van der Waals surface area (Å²) in [5.41, 5.74) is 4.84. The predicted molar refractivity (Wildman–Crippen MR) is 119 cm³/mol. The normalized spacial score (nSPS) is 25.6. The van der Waals surface area contributed by atoms with E-state index in [1.807, 2.05) is 31.5 Å². The van der Waals surface area contributed by atoms with E-state index in [-0.39, 0.29) is 0 Å². The summed E-state index contributed by atoms with van der Waals surface area (Å²) < 4.78 is 7.54. The number of piperazine rings is 2. The van der Waals surface area contributed by atoms with Crippen LogP contribution in [0, 0.1) is 20.8 Å². The summed E-state index contributed by atoms with van der Waals surface area (Å²) in [4.78, 5) is 19.6. The second kappa shape index (κ2) is 6.86. The first kappa shape index (κ1) is 18.9. The molecule has 0 bridgehead atoms. The van der Waals surface area contributed by atoms with Crippen LogP contribution in [-0.4, -0.2) is 74.1 Å². The first-order valence-electron chi connectivity index (χ1n) is 11.1. The fourth-order valence-corrected chi connectivity index (χ4v) is 5.25. The molecule has 6 heterocycles. The molecule has 3 aromatic heterocycles. The number of aromatic nitrogens is 5. The molecule has 0 aliphatic carbocycles. The van der Waals surface area contributed by atoms with Crippen LogP contribution in [0.3, 0.4) is 0 Å². The molecule has 1 unspecified atom stereocenters. The molecule has 3 aliphatic heterocycles. The minimum atomic E-state index is 0.544. The van der Waals surface area contributed by atoms with Gasteiger partial charge in [0, 0.05) is 37.5 Å². The Bertz CT molecular complexity index is 1150. The van der Waals surface area contributed by atoms with E-state index in [0.717, 1.165) is 58.7 Å². The van der Waals surface area contributed by atoms with Gasteiger partial charge in [0.25, 0.3) is 0 Å². The van der Waals surface area contributed by atoms with Crippen molar-refractivity contribution in [2.75, 3.05) is 36.5 Å². The van der Waals surface area contributed by atoms with Gasteiger partial charge in [-0.2, -0.15) is 10.1 Å². The molecule has 3 saturated heterocycles. The fourth-order valence-electron chi connectivity index (χ4n) is 5.25. The first-order valence-corrected chi connectivity index (χ1v) is 11.1. The molecule has 9 heteroatoms. The predicted octanol–water partition coefficient (Wildman–Crippen LogP) is 2.18. The minimum absolute atomic E-state index is 0.544. The Labute approximate surface area is 181 Å². The van der Waals surface area contributed by atoms with Gasteiger partial charge in [0.15, 0.2) is 5.82 Å². The molecular formula is C22H28N8O. The van der Waals surface area contributed by atoms with Crippen molar-refractivity contribution < 1.29 is 4.74 Å². The Morgan fingerprint density at radius 1 is 1.10 bits per heavy atom. The van der Waals surface area contributed by atoms with Gasteiger partial charge < -0.3 is 15.0 Å². The lowest BCUT2D eigenvalue weighted by Gasteiger charge is -2.37. The Morgan fingerprint density at radius 2 is 1.97 bits per heavy atom. The van der Waals surface area contributed by atoms with Crippen molar-refractivity contribution in [2.45, 2.75) is 52.4 Å². The second-order valence-corrected chi connectivity index (χ2v) is 8.85. The van der Waals surface area contributed by atoms with Gasteiger partial charge in [-0.15, -0.1) is 0 Å². The third kappa shape index (κ3) is 2.98. The number of rotatable bonds is 7. The van der Waals surface area contributed by atoms with Crippen LogP contribution < -0.4 is 10.2 Å². The number of fused-ring (bicyclic) bond motifs is 2. The topological polar surface area (TPSA) is 84.0 Å². The number of anilines is 3. The van der Waals surface area contributed by atoms with Crippen molar-refractivity contribution in [2.24, 2.45) is 0 Å². The minimum Gasteiger partial charge on any atom is -0.380 e. The molecule has 3 aliphatic rings. The Kier molecular flexibility index (Phi) is 4.19. The number of hydrogen-bond donors (Lipinski definition) is 1. The number of aryl methyl sites for hydroxylation is 3. The van der Waals surface area contributed by atoms with E-state index >= 15 is 0 Å². The fraction of sp³-hybridized carbons (Fsp3) is 0.545. The van der Waals surface area contributed by atoms with Crippen molar-refractivity contribution >= 4 is 28.6 Å². The Balaban J connectivity index is 1.44. The van der Waals surface area contributed by atoms with Crippen molar-refractivity contribution in [1.82, 2.24) is 29.6 Å². The summed E-state index contributed by atoms with van der Waals surface area (Å²) in [5, 5.41) is 8.25. The molecule has 9 nitrogen and oxygen atoms in total. The largest absolute Gasteiger partial charge is 0.380 e. The highest BCUT2D eigenvalue weighted by Crippen LogP contribution is 2.50. The molecule has 0 spiro atoms. The quantitative estimate of drug-likeness (QED) is 0.460. The zero-order chi connectivity index (χ0) is 21.3. The van der Waals surface area contributed by atoms with Crippen LogP contribution in [0.1, 0.15) is 23.9 Å². The Hall–Kier alpha value is -2.78. The highest BCUT2D eigenvalue weighted by molar-refractivity contribution is 5.90. The van der Waals surface area contributed by atoms with Crippen molar-refractivity contribution in [3.63, 3.8) is 0 Å². The third-order valence-corrected chi connectivity index (χ3v) is 6.69. The van der Waals surface area contributed by atoms with E-state index in [1.54, 1.807) is 0 Å². The number of pyridine rings is 1. The van der Waals surface area contributed by atoms with Gasteiger partial charge in [-0.25, -0.2) is 9.97 Å². The molecule has 0 amide bonds. The van der Waals surface area contributed by atoms with E-state index in [0.29, 0.717) is 37.9 Å². The molecule has 4 atom stereocenters. The molecule has 31 heavy (non-hydrogen) atoms. The molecule has 0 aromatic carbocycles. The summed E-state index contributed by atoms with van der Waals surface area (Å²) in [6.45, 7) is 12.2. The van der Waals surface area contributed by atoms with Crippen LogP contribution in [-0.2, 0) is 11.3 Å². The van der Waals surface area contributed by atoms with Gasteiger partial charge in [-0.05, 0) is 45.4 Å². The van der Waals surface area contributed by atoms with Crippen LogP contribution in [0.5, 0.6) is 0 Å². The molecule has 3 aromatic rings. The van der Waals surface area contributed by atoms with E-state index in [1.165, 1.54) is 0 Å². The van der Waals surface area contributed by atoms with Crippen LogP contribution in [0.4, 0.5) is 17.6 Å². The summed E-state index contributed by atoms with van der Waals surface area (Å²) >= 11 is 0. The van der Waals surface area contributed by atoms with Crippen molar-refractivity contribution in [1.29, 1.82) is 0 Å². The average Bonchev–Trinajstić information content (AvgIpc) is 2.96. The van der Waals surface area contributed by atoms with E-state index in [2.05, 4.69) is 33.1 Å². The summed E-state index contributed by atoms with van der Waals surface area (Å²) in [5.74, 6) is 2.34. The van der Waals surface area contributed by atoms with Gasteiger partial charge in [-0.3, -0.25) is 9.58 Å². The van der Waals surface area contributed by atoms with Gasteiger partial charge in [0.1, 0.15) is 16.9 Å². The van der Waals surface area contributed by atoms with Gasteiger partial charge >= 0.3 is 0 Å². The lowest BCUT2D eigenvalue weighted by molar-refractivity contribution is 0.137. The molecule has 0 saturated carbocycles. The highest BCUT2D eigenvalue weighted by atomic mass is 16.5. The van der Waals surface area contributed by atoms with Crippen LogP contribution >= 0.6 is 0 Å². The molecular weight excluding hydrogens is 392 g/mol. The molecule has 3 fully saturated rings. The van der Waals surface area contributed by atoms with Crippen molar-refractivity contribution in [3.05, 3.63) is 29.1 Å². The lowest BCUT2D eigenvalue weighted by Crippen LogP contribution is -2.52. The van der Waals surface area contributed by atoms with Crippen LogP contribution in [0.15, 0.2) is 12.1 Å². The summed E-state index contributed by atoms with van der Waals surface area (Å²) in [6.07, 6.45) is 0. The zero-order valence-electron chi connectivity index (χ0n) is 18.5. The van der Waals surface area contributed by atoms with Gasteiger partial charge in [0.2, 0.25) is 5.95 Å².